The third-order valence-electron chi connectivity index (χ3n) is 5.90. The molecule has 8 heteroatoms. The van der Waals surface area contributed by atoms with Crippen LogP contribution in [0.25, 0.3) is 5.82 Å². The first kappa shape index (κ1) is 18.6. The van der Waals surface area contributed by atoms with Crippen LogP contribution >= 0.6 is 0 Å². The largest absolute Gasteiger partial charge is 0.496 e. The van der Waals surface area contributed by atoms with Crippen LogP contribution in [0.3, 0.4) is 0 Å². The van der Waals surface area contributed by atoms with Gasteiger partial charge in [0.15, 0.2) is 11.6 Å². The minimum atomic E-state index is -0.129. The highest BCUT2D eigenvalue weighted by Gasteiger charge is 2.34. The number of benzene rings is 1. The number of aromatic nitrogens is 4. The maximum Gasteiger partial charge on any atom is 0.226 e. The number of fused-ring (bicyclic) bond motifs is 1. The van der Waals surface area contributed by atoms with Gasteiger partial charge in [0.2, 0.25) is 5.91 Å². The Labute approximate surface area is 174 Å². The molecule has 8 nitrogen and oxygen atoms in total. The van der Waals surface area contributed by atoms with E-state index < -0.39 is 0 Å². The van der Waals surface area contributed by atoms with E-state index in [1.165, 1.54) is 12.8 Å². The fourth-order valence-electron chi connectivity index (χ4n) is 4.48. The number of hydrogen-bond donors (Lipinski definition) is 1. The number of aryl methyl sites for hydroxylation is 1. The lowest BCUT2D eigenvalue weighted by Crippen LogP contribution is -2.25. The topological polar surface area (TPSA) is 85.2 Å². The number of rotatable bonds is 4. The number of amides is 1. The lowest BCUT2D eigenvalue weighted by atomic mass is 9.85. The van der Waals surface area contributed by atoms with Crippen molar-refractivity contribution in [3.8, 4) is 11.6 Å². The van der Waals surface area contributed by atoms with Crippen LogP contribution in [0.1, 0.15) is 42.0 Å². The molecule has 2 aliphatic rings. The number of hydrogen-bond acceptors (Lipinski definition) is 6. The van der Waals surface area contributed by atoms with E-state index in [4.69, 9.17) is 9.84 Å². The summed E-state index contributed by atoms with van der Waals surface area (Å²) in [7, 11) is 1.65. The second kappa shape index (κ2) is 7.44. The van der Waals surface area contributed by atoms with Crippen molar-refractivity contribution < 1.29 is 9.53 Å². The molecule has 1 saturated heterocycles. The van der Waals surface area contributed by atoms with Crippen molar-refractivity contribution in [1.29, 1.82) is 0 Å². The van der Waals surface area contributed by atoms with Crippen molar-refractivity contribution in [2.45, 2.75) is 32.1 Å². The molecule has 0 aliphatic carbocycles. The second-order valence-corrected chi connectivity index (χ2v) is 7.75. The number of para-hydroxylation sites is 1. The van der Waals surface area contributed by atoms with Crippen molar-refractivity contribution in [2.24, 2.45) is 0 Å². The number of carbonyl (C=O) groups is 1. The third-order valence-corrected chi connectivity index (χ3v) is 5.90. The monoisotopic (exact) mass is 404 g/mol. The van der Waals surface area contributed by atoms with Crippen molar-refractivity contribution >= 4 is 17.5 Å². The van der Waals surface area contributed by atoms with Crippen LogP contribution in [-0.2, 0) is 4.79 Å². The summed E-state index contributed by atoms with van der Waals surface area (Å²) in [6, 6.07) is 11.7. The fraction of sp³-hybridized carbons (Fsp3) is 0.364. The van der Waals surface area contributed by atoms with Crippen LogP contribution in [-0.4, -0.2) is 46.1 Å². The molecular formula is C22H24N6O2. The van der Waals surface area contributed by atoms with Gasteiger partial charge in [0.05, 0.1) is 12.8 Å². The Kier molecular flexibility index (Phi) is 4.61. The van der Waals surface area contributed by atoms with Crippen molar-refractivity contribution in [3.63, 3.8) is 0 Å². The third kappa shape index (κ3) is 3.08. The van der Waals surface area contributed by atoms with Gasteiger partial charge in [0.1, 0.15) is 11.6 Å². The summed E-state index contributed by atoms with van der Waals surface area (Å²) in [5, 5.41) is 16.5. The van der Waals surface area contributed by atoms with E-state index in [9.17, 15) is 4.79 Å². The summed E-state index contributed by atoms with van der Waals surface area (Å²) in [5.41, 5.74) is 2.82. The smallest absolute Gasteiger partial charge is 0.226 e. The van der Waals surface area contributed by atoms with Gasteiger partial charge in [-0.3, -0.25) is 4.79 Å². The molecule has 0 radical (unpaired) electrons. The zero-order chi connectivity index (χ0) is 20.7. The zero-order valence-corrected chi connectivity index (χ0v) is 17.1. The van der Waals surface area contributed by atoms with E-state index in [0.29, 0.717) is 18.1 Å². The van der Waals surface area contributed by atoms with Gasteiger partial charge in [0.25, 0.3) is 0 Å². The van der Waals surface area contributed by atoms with E-state index >= 15 is 0 Å². The number of nitrogens with one attached hydrogen (secondary N) is 1. The molecule has 154 valence electrons. The second-order valence-electron chi connectivity index (χ2n) is 7.75. The van der Waals surface area contributed by atoms with Gasteiger partial charge in [-0.2, -0.15) is 9.78 Å². The van der Waals surface area contributed by atoms with Crippen LogP contribution in [0.4, 0.5) is 11.6 Å². The first-order valence-corrected chi connectivity index (χ1v) is 10.3. The number of nitrogens with zero attached hydrogens (tertiary/aromatic N) is 5. The Morgan fingerprint density at radius 2 is 1.80 bits per heavy atom. The van der Waals surface area contributed by atoms with Gasteiger partial charge in [-0.25, -0.2) is 0 Å². The SMILES string of the molecule is COc1ccccc1[C@@H]1CC(=O)Nc2c1c(C)nn2-c1ccc(N2CCCC2)nn1. The lowest BCUT2D eigenvalue weighted by Gasteiger charge is -2.25. The van der Waals surface area contributed by atoms with E-state index in [-0.39, 0.29) is 11.8 Å². The van der Waals surface area contributed by atoms with Crippen molar-refractivity contribution in [1.82, 2.24) is 20.0 Å². The highest BCUT2D eigenvalue weighted by atomic mass is 16.5. The predicted molar refractivity (Wildman–Crippen MR) is 113 cm³/mol. The van der Waals surface area contributed by atoms with Gasteiger partial charge in [-0.15, -0.1) is 10.2 Å². The molecular weight excluding hydrogens is 380 g/mol. The average Bonchev–Trinajstić information content (AvgIpc) is 3.42. The van der Waals surface area contributed by atoms with Gasteiger partial charge >= 0.3 is 0 Å². The molecule has 1 N–H and O–H groups in total. The number of methoxy groups -OCH3 is 1. The molecule has 1 fully saturated rings. The number of carbonyl (C=O) groups excluding carboxylic acids is 1. The molecule has 4 heterocycles. The molecule has 0 saturated carbocycles. The summed E-state index contributed by atoms with van der Waals surface area (Å²) in [5.74, 6) is 2.71. The van der Waals surface area contributed by atoms with E-state index in [2.05, 4.69) is 20.4 Å². The lowest BCUT2D eigenvalue weighted by molar-refractivity contribution is -0.116. The zero-order valence-electron chi connectivity index (χ0n) is 17.1. The van der Waals surface area contributed by atoms with Crippen LogP contribution in [0.2, 0.25) is 0 Å². The summed E-state index contributed by atoms with van der Waals surface area (Å²) in [6.45, 7) is 3.99. The number of anilines is 2. The van der Waals surface area contributed by atoms with Crippen LogP contribution < -0.4 is 15.0 Å². The molecule has 2 aromatic heterocycles. The molecule has 1 atom stereocenters. The van der Waals surface area contributed by atoms with Crippen LogP contribution in [0.15, 0.2) is 36.4 Å². The van der Waals surface area contributed by atoms with Gasteiger partial charge in [0, 0.05) is 36.6 Å². The quantitative estimate of drug-likeness (QED) is 0.719. The van der Waals surface area contributed by atoms with E-state index in [1.807, 2.05) is 43.3 Å². The number of ether oxygens (including phenoxy) is 1. The van der Waals surface area contributed by atoms with E-state index in [0.717, 1.165) is 41.5 Å². The van der Waals surface area contributed by atoms with Crippen LogP contribution in [0, 0.1) is 6.92 Å². The molecule has 1 amide bonds. The molecule has 0 bridgehead atoms. The Morgan fingerprint density at radius 1 is 1.07 bits per heavy atom. The summed E-state index contributed by atoms with van der Waals surface area (Å²) in [6.07, 6.45) is 2.72. The molecule has 30 heavy (non-hydrogen) atoms. The van der Waals surface area contributed by atoms with Gasteiger partial charge in [-0.05, 0) is 38.0 Å². The van der Waals surface area contributed by atoms with E-state index in [1.54, 1.807) is 11.8 Å². The maximum absolute atomic E-state index is 12.6. The maximum atomic E-state index is 12.6. The summed E-state index contributed by atoms with van der Waals surface area (Å²) < 4.78 is 7.24. The first-order chi connectivity index (χ1) is 14.7. The highest BCUT2D eigenvalue weighted by Crippen LogP contribution is 2.42. The molecule has 0 unspecified atom stereocenters. The Hall–Kier alpha value is -3.42. The Morgan fingerprint density at radius 3 is 2.53 bits per heavy atom. The molecule has 3 aromatic rings. The summed E-state index contributed by atoms with van der Waals surface area (Å²) in [4.78, 5) is 14.8. The van der Waals surface area contributed by atoms with Gasteiger partial charge in [-0.1, -0.05) is 18.2 Å². The fourth-order valence-corrected chi connectivity index (χ4v) is 4.48. The highest BCUT2D eigenvalue weighted by molar-refractivity contribution is 5.95. The summed E-state index contributed by atoms with van der Waals surface area (Å²) >= 11 is 0. The van der Waals surface area contributed by atoms with Crippen LogP contribution in [0.5, 0.6) is 5.75 Å². The Balaban J connectivity index is 1.56. The average molecular weight is 404 g/mol. The molecule has 5 rings (SSSR count). The molecule has 2 aliphatic heterocycles. The first-order valence-electron chi connectivity index (χ1n) is 10.3. The standard InChI is InChI=1S/C22H24N6O2/c1-14-21-16(15-7-3-4-8-17(15)30-2)13-20(29)23-22(21)28(26-14)19-10-9-18(24-25-19)27-11-5-6-12-27/h3-4,7-10,16H,5-6,11-13H2,1-2H3,(H,23,29)/t16-/m0/s1. The molecule has 1 aromatic carbocycles. The van der Waals surface area contributed by atoms with Crippen molar-refractivity contribution in [2.75, 3.05) is 30.4 Å². The Bertz CT molecular complexity index is 1090. The van der Waals surface area contributed by atoms with Crippen molar-refractivity contribution in [3.05, 3.63) is 53.2 Å². The van der Waals surface area contributed by atoms with Gasteiger partial charge < -0.3 is 15.0 Å². The minimum absolute atomic E-state index is 0.0544. The normalized spacial score (nSPS) is 18.3. The minimum Gasteiger partial charge on any atom is -0.496 e. The predicted octanol–water partition coefficient (Wildman–Crippen LogP) is 3.05. The molecule has 0 spiro atoms.